The van der Waals surface area contributed by atoms with Crippen LogP contribution in [0.25, 0.3) is 11.0 Å². The number of hydrogen-bond donors (Lipinski definition) is 1. The number of benzene rings is 1. The van der Waals surface area contributed by atoms with Crippen molar-refractivity contribution in [3.63, 3.8) is 0 Å². The molecule has 2 aromatic heterocycles. The number of hydrogen-bond acceptors (Lipinski definition) is 5. The number of rotatable bonds is 3. The molecule has 3 heterocycles. The van der Waals surface area contributed by atoms with Crippen LogP contribution in [0.5, 0.6) is 0 Å². The van der Waals surface area contributed by atoms with E-state index < -0.39 is 0 Å². The van der Waals surface area contributed by atoms with Gasteiger partial charge in [-0.25, -0.2) is 4.98 Å². The van der Waals surface area contributed by atoms with E-state index in [1.165, 1.54) is 0 Å². The fraction of sp³-hybridized carbons (Fsp3) is 0.412. The third kappa shape index (κ3) is 2.63. The Morgan fingerprint density at radius 2 is 2.20 bits per heavy atom. The summed E-state index contributed by atoms with van der Waals surface area (Å²) >= 11 is 0. The highest BCUT2D eigenvalue weighted by atomic mass is 16.2. The van der Waals surface area contributed by atoms with Gasteiger partial charge in [0.15, 0.2) is 5.82 Å². The molecule has 1 saturated heterocycles. The van der Waals surface area contributed by atoms with Gasteiger partial charge in [-0.1, -0.05) is 0 Å². The van der Waals surface area contributed by atoms with E-state index in [4.69, 9.17) is 0 Å². The predicted molar refractivity (Wildman–Crippen MR) is 94.4 cm³/mol. The van der Waals surface area contributed by atoms with Crippen LogP contribution in [-0.4, -0.2) is 56.2 Å². The summed E-state index contributed by atoms with van der Waals surface area (Å²) in [7, 11) is 5.77. The van der Waals surface area contributed by atoms with Crippen molar-refractivity contribution in [2.75, 3.05) is 25.5 Å². The number of anilines is 1. The Hall–Kier alpha value is -2.90. The van der Waals surface area contributed by atoms with Gasteiger partial charge in [-0.05, 0) is 31.0 Å². The van der Waals surface area contributed by atoms with Gasteiger partial charge in [0.2, 0.25) is 5.95 Å². The minimum Gasteiger partial charge on any atom is -0.349 e. The predicted octanol–water partition coefficient (Wildman–Crippen LogP) is 1.73. The minimum atomic E-state index is -0.0187. The van der Waals surface area contributed by atoms with E-state index in [0.717, 1.165) is 42.2 Å². The van der Waals surface area contributed by atoms with Crippen LogP contribution in [0.1, 0.15) is 35.1 Å². The summed E-state index contributed by atoms with van der Waals surface area (Å²) in [5, 5.41) is 8.14. The molecule has 0 aliphatic carbocycles. The second-order valence-electron chi connectivity index (χ2n) is 6.64. The zero-order chi connectivity index (χ0) is 17.6. The molecule has 1 fully saturated rings. The summed E-state index contributed by atoms with van der Waals surface area (Å²) in [6.45, 7) is 0.736. The van der Waals surface area contributed by atoms with Gasteiger partial charge in [-0.15, -0.1) is 10.2 Å². The monoisotopic (exact) mass is 339 g/mol. The zero-order valence-corrected chi connectivity index (χ0v) is 14.6. The number of carbonyl (C=O) groups excluding carboxylic acids is 1. The number of nitrogens with one attached hydrogen (secondary N) is 1. The first-order chi connectivity index (χ1) is 12.0. The molecule has 8 nitrogen and oxygen atoms in total. The summed E-state index contributed by atoms with van der Waals surface area (Å²) < 4.78 is 1.89. The zero-order valence-electron chi connectivity index (χ0n) is 14.6. The quantitative estimate of drug-likeness (QED) is 0.786. The maximum Gasteiger partial charge on any atom is 0.254 e. The van der Waals surface area contributed by atoms with E-state index in [2.05, 4.69) is 20.2 Å². The van der Waals surface area contributed by atoms with Crippen LogP contribution < -0.4 is 4.90 Å². The molecular formula is C17H21N7O. The molecule has 1 N–H and O–H groups in total. The van der Waals surface area contributed by atoms with Crippen molar-refractivity contribution >= 4 is 22.9 Å². The smallest absolute Gasteiger partial charge is 0.254 e. The van der Waals surface area contributed by atoms with Gasteiger partial charge >= 0.3 is 0 Å². The Labute approximate surface area is 145 Å². The van der Waals surface area contributed by atoms with Gasteiger partial charge in [0.1, 0.15) is 6.33 Å². The van der Waals surface area contributed by atoms with Crippen molar-refractivity contribution in [1.82, 2.24) is 29.6 Å². The molecule has 0 radical (unpaired) electrons. The normalized spacial score (nSPS) is 17.4. The highest BCUT2D eigenvalue weighted by Crippen LogP contribution is 2.32. The number of imidazole rings is 1. The van der Waals surface area contributed by atoms with Crippen LogP contribution in [0.15, 0.2) is 24.5 Å². The molecule has 1 atom stereocenters. The molecular weight excluding hydrogens is 318 g/mol. The third-order valence-corrected chi connectivity index (χ3v) is 4.70. The lowest BCUT2D eigenvalue weighted by Crippen LogP contribution is -2.31. The molecule has 0 spiro atoms. The fourth-order valence-corrected chi connectivity index (χ4v) is 3.38. The molecule has 0 saturated carbocycles. The van der Waals surface area contributed by atoms with Crippen molar-refractivity contribution < 1.29 is 4.79 Å². The number of likely N-dealkylation sites (tertiary alicyclic amines) is 1. The van der Waals surface area contributed by atoms with E-state index in [9.17, 15) is 4.79 Å². The van der Waals surface area contributed by atoms with Crippen LogP contribution in [0.2, 0.25) is 0 Å². The number of aromatic nitrogens is 5. The lowest BCUT2D eigenvalue weighted by molar-refractivity contribution is 0.0728. The number of amides is 1. The highest BCUT2D eigenvalue weighted by molar-refractivity contribution is 5.98. The Kier molecular flexibility index (Phi) is 3.67. The molecule has 1 aliphatic rings. The highest BCUT2D eigenvalue weighted by Gasteiger charge is 2.33. The summed E-state index contributed by atoms with van der Waals surface area (Å²) in [6.07, 6.45) is 3.56. The van der Waals surface area contributed by atoms with Crippen LogP contribution in [0.4, 0.5) is 5.95 Å². The lowest BCUT2D eigenvalue weighted by atomic mass is 10.1. The number of carbonyl (C=O) groups is 1. The molecule has 0 bridgehead atoms. The standard InChI is InChI=1S/C17H21N7O/c1-22(2)17-19-12-7-6-11(9-13(12)20-17)16(25)24-8-4-5-14(24)15-21-18-10-23(15)3/h6-7,9-10,14H,4-5,8H2,1-3H3,(H,19,20). The first kappa shape index (κ1) is 15.6. The van der Waals surface area contributed by atoms with Gasteiger partial charge in [0.05, 0.1) is 17.1 Å². The first-order valence-corrected chi connectivity index (χ1v) is 8.36. The molecule has 4 rings (SSSR count). The Morgan fingerprint density at radius 3 is 2.92 bits per heavy atom. The second kappa shape index (κ2) is 5.87. The first-order valence-electron chi connectivity index (χ1n) is 8.36. The SMILES string of the molecule is CN(C)c1nc2ccc(C(=O)N3CCCC3c3nncn3C)cc2[nH]1. The summed E-state index contributed by atoms with van der Waals surface area (Å²) in [5.41, 5.74) is 2.38. The van der Waals surface area contributed by atoms with Crippen LogP contribution >= 0.6 is 0 Å². The van der Waals surface area contributed by atoms with Gasteiger partial charge in [-0.2, -0.15) is 0 Å². The van der Waals surface area contributed by atoms with E-state index in [1.54, 1.807) is 6.33 Å². The fourth-order valence-electron chi connectivity index (χ4n) is 3.38. The van der Waals surface area contributed by atoms with E-state index >= 15 is 0 Å². The van der Waals surface area contributed by atoms with Crippen LogP contribution in [0.3, 0.4) is 0 Å². The van der Waals surface area contributed by atoms with Gasteiger partial charge in [0, 0.05) is 33.3 Å². The number of nitrogens with zero attached hydrogens (tertiary/aromatic N) is 6. The summed E-state index contributed by atoms with van der Waals surface area (Å²) in [5.74, 6) is 1.63. The molecule has 130 valence electrons. The average Bonchev–Trinajstić information content (AvgIpc) is 3.31. The topological polar surface area (TPSA) is 82.9 Å². The summed E-state index contributed by atoms with van der Waals surface area (Å²) in [6, 6.07) is 5.59. The van der Waals surface area contributed by atoms with Crippen molar-refractivity contribution in [3.8, 4) is 0 Å². The lowest BCUT2D eigenvalue weighted by Gasteiger charge is -2.24. The van der Waals surface area contributed by atoms with Crippen molar-refractivity contribution in [1.29, 1.82) is 0 Å². The van der Waals surface area contributed by atoms with E-state index in [0.29, 0.717) is 5.56 Å². The van der Waals surface area contributed by atoms with Crippen LogP contribution in [0, 0.1) is 0 Å². The number of aromatic amines is 1. The molecule has 1 aromatic carbocycles. The van der Waals surface area contributed by atoms with Gasteiger partial charge in [0.25, 0.3) is 5.91 Å². The van der Waals surface area contributed by atoms with Crippen LogP contribution in [-0.2, 0) is 7.05 Å². The molecule has 25 heavy (non-hydrogen) atoms. The molecule has 1 unspecified atom stereocenters. The van der Waals surface area contributed by atoms with E-state index in [-0.39, 0.29) is 11.9 Å². The maximum absolute atomic E-state index is 13.1. The van der Waals surface area contributed by atoms with Gasteiger partial charge in [-0.3, -0.25) is 4.79 Å². The maximum atomic E-state index is 13.1. The Morgan fingerprint density at radius 1 is 1.36 bits per heavy atom. The van der Waals surface area contributed by atoms with E-state index in [1.807, 2.05) is 53.7 Å². The Balaban J connectivity index is 1.65. The number of H-pyrrole nitrogens is 1. The van der Waals surface area contributed by atoms with Crippen molar-refractivity contribution in [2.45, 2.75) is 18.9 Å². The molecule has 8 heteroatoms. The Bertz CT molecular complexity index is 926. The summed E-state index contributed by atoms with van der Waals surface area (Å²) in [4.78, 5) is 24.6. The number of aryl methyl sites for hydroxylation is 1. The largest absolute Gasteiger partial charge is 0.349 e. The molecule has 1 amide bonds. The molecule has 1 aliphatic heterocycles. The molecule has 3 aromatic rings. The second-order valence-corrected chi connectivity index (χ2v) is 6.64. The average molecular weight is 339 g/mol. The minimum absolute atomic E-state index is 0.0187. The van der Waals surface area contributed by atoms with Gasteiger partial charge < -0.3 is 19.4 Å². The number of fused-ring (bicyclic) bond motifs is 1. The third-order valence-electron chi connectivity index (χ3n) is 4.70. The van der Waals surface area contributed by atoms with Crippen molar-refractivity contribution in [2.24, 2.45) is 7.05 Å². The van der Waals surface area contributed by atoms with Crippen molar-refractivity contribution in [3.05, 3.63) is 35.9 Å².